The van der Waals surface area contributed by atoms with E-state index in [0.29, 0.717) is 22.2 Å². The number of benzene rings is 1. The quantitative estimate of drug-likeness (QED) is 0.607. The lowest BCUT2D eigenvalue weighted by Gasteiger charge is -2.11. The van der Waals surface area contributed by atoms with Crippen LogP contribution in [0.2, 0.25) is 5.02 Å². The van der Waals surface area contributed by atoms with Gasteiger partial charge in [-0.25, -0.2) is 4.79 Å². The molecular formula is C18H16ClN3O4. The molecule has 1 aromatic carbocycles. The van der Waals surface area contributed by atoms with E-state index >= 15 is 0 Å². The summed E-state index contributed by atoms with van der Waals surface area (Å²) in [6.07, 6.45) is 2.57. The van der Waals surface area contributed by atoms with Crippen molar-refractivity contribution >= 4 is 17.6 Å². The molecule has 0 spiro atoms. The molecule has 1 atom stereocenters. The highest BCUT2D eigenvalue weighted by molar-refractivity contribution is 6.30. The summed E-state index contributed by atoms with van der Waals surface area (Å²) >= 11 is 5.89. The third-order valence-corrected chi connectivity index (χ3v) is 3.74. The zero-order valence-corrected chi connectivity index (χ0v) is 14.9. The van der Waals surface area contributed by atoms with Gasteiger partial charge in [0, 0.05) is 23.0 Å². The molecule has 3 aromatic rings. The van der Waals surface area contributed by atoms with E-state index in [1.165, 1.54) is 0 Å². The summed E-state index contributed by atoms with van der Waals surface area (Å²) in [7, 11) is 0. The van der Waals surface area contributed by atoms with Crippen LogP contribution < -0.4 is 4.74 Å². The van der Waals surface area contributed by atoms with Crippen LogP contribution in [0.3, 0.4) is 0 Å². The number of carbonyl (C=O) groups excluding carboxylic acids is 1. The van der Waals surface area contributed by atoms with Crippen molar-refractivity contribution in [1.29, 1.82) is 0 Å². The second kappa shape index (κ2) is 7.97. The van der Waals surface area contributed by atoms with Crippen LogP contribution in [0.4, 0.5) is 0 Å². The fourth-order valence-corrected chi connectivity index (χ4v) is 2.43. The Hall–Kier alpha value is -2.93. The van der Waals surface area contributed by atoms with Crippen molar-refractivity contribution in [3.05, 3.63) is 59.2 Å². The summed E-state index contributed by atoms with van der Waals surface area (Å²) in [5.41, 5.74) is 1.54. The van der Waals surface area contributed by atoms with Gasteiger partial charge >= 0.3 is 5.97 Å². The van der Waals surface area contributed by atoms with Gasteiger partial charge in [-0.1, -0.05) is 16.8 Å². The van der Waals surface area contributed by atoms with Crippen molar-refractivity contribution in [2.45, 2.75) is 20.0 Å². The number of halogens is 1. The van der Waals surface area contributed by atoms with Crippen molar-refractivity contribution in [2.75, 3.05) is 6.61 Å². The standard InChI is InChI=1S/C18H16ClN3O4/c1-11-8-14(19)5-6-15(11)24-10-16(23)25-12(2)18-21-17(22-26-18)13-4-3-7-20-9-13/h3-9,12H,10H2,1-2H3. The molecule has 0 aliphatic rings. The third-order valence-electron chi connectivity index (χ3n) is 3.50. The minimum atomic E-state index is -0.699. The van der Waals surface area contributed by atoms with E-state index in [1.807, 2.05) is 6.92 Å². The second-order valence-electron chi connectivity index (χ2n) is 5.53. The lowest BCUT2D eigenvalue weighted by Crippen LogP contribution is -2.17. The molecule has 0 aliphatic heterocycles. The Morgan fingerprint density at radius 3 is 2.92 bits per heavy atom. The summed E-state index contributed by atoms with van der Waals surface area (Å²) in [6, 6.07) is 8.72. The molecule has 0 aliphatic carbocycles. The molecule has 2 aromatic heterocycles. The Kier molecular flexibility index (Phi) is 5.48. The first kappa shape index (κ1) is 17.9. The van der Waals surface area contributed by atoms with Crippen molar-refractivity contribution in [2.24, 2.45) is 0 Å². The number of hydrogen-bond acceptors (Lipinski definition) is 7. The minimum absolute atomic E-state index is 0.194. The fourth-order valence-electron chi connectivity index (χ4n) is 2.21. The Morgan fingerprint density at radius 2 is 2.19 bits per heavy atom. The van der Waals surface area contributed by atoms with E-state index in [9.17, 15) is 4.79 Å². The summed E-state index contributed by atoms with van der Waals surface area (Å²) in [5, 5.41) is 4.47. The van der Waals surface area contributed by atoms with Crippen LogP contribution in [0, 0.1) is 6.92 Å². The lowest BCUT2D eigenvalue weighted by molar-refractivity contribution is -0.152. The molecule has 0 saturated heterocycles. The predicted molar refractivity (Wildman–Crippen MR) is 93.7 cm³/mol. The van der Waals surface area contributed by atoms with E-state index in [4.69, 9.17) is 25.6 Å². The Morgan fingerprint density at radius 1 is 1.35 bits per heavy atom. The van der Waals surface area contributed by atoms with Gasteiger partial charge in [0.1, 0.15) is 5.75 Å². The van der Waals surface area contributed by atoms with E-state index in [2.05, 4.69) is 15.1 Å². The highest BCUT2D eigenvalue weighted by Crippen LogP contribution is 2.23. The SMILES string of the molecule is Cc1cc(Cl)ccc1OCC(=O)OC(C)c1nc(-c2cccnc2)no1. The zero-order chi connectivity index (χ0) is 18.5. The van der Waals surface area contributed by atoms with Crippen molar-refractivity contribution in [3.8, 4) is 17.1 Å². The summed E-state index contributed by atoms with van der Waals surface area (Å²) in [5.74, 6) is 0.590. The first-order chi connectivity index (χ1) is 12.5. The molecule has 0 saturated carbocycles. The fraction of sp³-hybridized carbons (Fsp3) is 0.222. The predicted octanol–water partition coefficient (Wildman–Crippen LogP) is 3.78. The van der Waals surface area contributed by atoms with Gasteiger partial charge in [0.05, 0.1) is 0 Å². The second-order valence-corrected chi connectivity index (χ2v) is 5.96. The van der Waals surface area contributed by atoms with E-state index in [-0.39, 0.29) is 12.5 Å². The zero-order valence-electron chi connectivity index (χ0n) is 14.2. The lowest BCUT2D eigenvalue weighted by atomic mass is 10.2. The van der Waals surface area contributed by atoms with Gasteiger partial charge in [0.15, 0.2) is 12.7 Å². The summed E-state index contributed by atoms with van der Waals surface area (Å²) in [6.45, 7) is 3.25. The molecule has 1 unspecified atom stereocenters. The van der Waals surface area contributed by atoms with Crippen LogP contribution in [0.25, 0.3) is 11.4 Å². The normalized spacial score (nSPS) is 11.8. The van der Waals surface area contributed by atoms with E-state index < -0.39 is 12.1 Å². The molecule has 26 heavy (non-hydrogen) atoms. The van der Waals surface area contributed by atoms with Crippen LogP contribution in [0.1, 0.15) is 24.5 Å². The first-order valence-electron chi connectivity index (χ1n) is 7.85. The summed E-state index contributed by atoms with van der Waals surface area (Å²) < 4.78 is 15.9. The van der Waals surface area contributed by atoms with Gasteiger partial charge in [0.2, 0.25) is 5.82 Å². The number of hydrogen-bond donors (Lipinski definition) is 0. The van der Waals surface area contributed by atoms with E-state index in [0.717, 1.165) is 5.56 Å². The smallest absolute Gasteiger partial charge is 0.344 e. The van der Waals surface area contributed by atoms with Crippen LogP contribution in [0.15, 0.2) is 47.2 Å². The molecule has 134 valence electrons. The van der Waals surface area contributed by atoms with Crippen LogP contribution >= 0.6 is 11.6 Å². The molecular weight excluding hydrogens is 358 g/mol. The molecule has 2 heterocycles. The topological polar surface area (TPSA) is 87.3 Å². The van der Waals surface area contributed by atoms with Gasteiger partial charge in [-0.15, -0.1) is 0 Å². The number of aromatic nitrogens is 3. The molecule has 0 bridgehead atoms. The molecule has 0 radical (unpaired) electrons. The summed E-state index contributed by atoms with van der Waals surface area (Å²) in [4.78, 5) is 20.2. The number of pyridine rings is 1. The molecule has 7 nitrogen and oxygen atoms in total. The highest BCUT2D eigenvalue weighted by Gasteiger charge is 2.19. The number of aryl methyl sites for hydroxylation is 1. The molecule has 0 amide bonds. The van der Waals surface area contributed by atoms with Gasteiger partial charge in [-0.3, -0.25) is 4.98 Å². The maximum absolute atomic E-state index is 12.0. The highest BCUT2D eigenvalue weighted by atomic mass is 35.5. The Balaban J connectivity index is 1.57. The number of nitrogens with zero attached hydrogens (tertiary/aromatic N) is 3. The number of rotatable bonds is 6. The molecule has 0 fully saturated rings. The van der Waals surface area contributed by atoms with E-state index in [1.54, 1.807) is 49.6 Å². The van der Waals surface area contributed by atoms with Crippen molar-refractivity contribution in [3.63, 3.8) is 0 Å². The Bertz CT molecular complexity index is 898. The van der Waals surface area contributed by atoms with Crippen LogP contribution in [-0.2, 0) is 9.53 Å². The largest absolute Gasteiger partial charge is 0.482 e. The van der Waals surface area contributed by atoms with Crippen LogP contribution in [0.5, 0.6) is 5.75 Å². The minimum Gasteiger partial charge on any atom is -0.482 e. The van der Waals surface area contributed by atoms with Crippen LogP contribution in [-0.4, -0.2) is 27.7 Å². The number of ether oxygens (including phenoxy) is 2. The average Bonchev–Trinajstić information content (AvgIpc) is 3.12. The average molecular weight is 374 g/mol. The van der Waals surface area contributed by atoms with Gasteiger partial charge in [-0.2, -0.15) is 4.98 Å². The monoisotopic (exact) mass is 373 g/mol. The van der Waals surface area contributed by atoms with Crippen molar-refractivity contribution < 1.29 is 18.8 Å². The van der Waals surface area contributed by atoms with Crippen molar-refractivity contribution in [1.82, 2.24) is 15.1 Å². The third kappa shape index (κ3) is 4.37. The maximum Gasteiger partial charge on any atom is 0.344 e. The first-order valence-corrected chi connectivity index (χ1v) is 8.23. The molecule has 8 heteroatoms. The Labute approximate surface area is 154 Å². The number of esters is 1. The van der Waals surface area contributed by atoms with Gasteiger partial charge in [-0.05, 0) is 49.7 Å². The van der Waals surface area contributed by atoms with Gasteiger partial charge in [0.25, 0.3) is 5.89 Å². The maximum atomic E-state index is 12.0. The molecule has 0 N–H and O–H groups in total. The number of carbonyl (C=O) groups is 1. The van der Waals surface area contributed by atoms with Gasteiger partial charge < -0.3 is 14.0 Å². The molecule has 3 rings (SSSR count).